The van der Waals surface area contributed by atoms with Crippen LogP contribution >= 0.6 is 0 Å². The number of rotatable bonds is 5. The lowest BCUT2D eigenvalue weighted by atomic mass is 10.2. The molecule has 1 N–H and O–H groups in total. The van der Waals surface area contributed by atoms with Crippen LogP contribution in [0.1, 0.15) is 11.5 Å². The molecule has 0 atom stereocenters. The van der Waals surface area contributed by atoms with Crippen molar-refractivity contribution in [1.82, 2.24) is 10.2 Å². The van der Waals surface area contributed by atoms with Gasteiger partial charge in [-0.25, -0.2) is 0 Å². The van der Waals surface area contributed by atoms with Gasteiger partial charge >= 0.3 is 0 Å². The van der Waals surface area contributed by atoms with Gasteiger partial charge in [0.25, 0.3) is 5.69 Å². The molecule has 0 bridgehead atoms. The van der Waals surface area contributed by atoms with Crippen molar-refractivity contribution in [2.45, 2.75) is 13.5 Å². The third kappa shape index (κ3) is 3.34. The van der Waals surface area contributed by atoms with Gasteiger partial charge in [-0.15, -0.1) is 10.2 Å². The van der Waals surface area contributed by atoms with Crippen molar-refractivity contribution >= 4 is 11.4 Å². The van der Waals surface area contributed by atoms with E-state index in [1.54, 1.807) is 6.07 Å². The van der Waals surface area contributed by atoms with Crippen LogP contribution in [0.15, 0.2) is 52.9 Å². The van der Waals surface area contributed by atoms with E-state index in [1.165, 1.54) is 12.1 Å². The van der Waals surface area contributed by atoms with Gasteiger partial charge in [-0.05, 0) is 24.6 Å². The number of anilines is 1. The maximum absolute atomic E-state index is 10.8. The zero-order valence-corrected chi connectivity index (χ0v) is 12.4. The molecule has 23 heavy (non-hydrogen) atoms. The summed E-state index contributed by atoms with van der Waals surface area (Å²) in [4.78, 5) is 10.4. The molecule has 3 aromatic rings. The van der Waals surface area contributed by atoms with E-state index in [2.05, 4.69) is 15.5 Å². The Morgan fingerprint density at radius 3 is 2.70 bits per heavy atom. The van der Waals surface area contributed by atoms with Crippen molar-refractivity contribution in [1.29, 1.82) is 0 Å². The fraction of sp³-hybridized carbons (Fsp3) is 0.125. The molecule has 0 aliphatic heterocycles. The van der Waals surface area contributed by atoms with Crippen molar-refractivity contribution in [3.8, 4) is 11.5 Å². The fourth-order valence-electron chi connectivity index (χ4n) is 2.11. The molecule has 7 heteroatoms. The summed E-state index contributed by atoms with van der Waals surface area (Å²) in [5.41, 5.74) is 2.45. The molecule has 7 nitrogen and oxygen atoms in total. The number of hydrogen-bond donors (Lipinski definition) is 1. The second kappa shape index (κ2) is 6.27. The lowest BCUT2D eigenvalue weighted by Crippen LogP contribution is -2.02. The molecule has 1 aromatic heterocycles. The number of nitrogens with zero attached hydrogens (tertiary/aromatic N) is 3. The summed E-state index contributed by atoms with van der Waals surface area (Å²) in [7, 11) is 0. The Kier molecular flexibility index (Phi) is 4.01. The number of nitro groups is 1. The van der Waals surface area contributed by atoms with Gasteiger partial charge in [0.15, 0.2) is 0 Å². The molecule has 3 rings (SSSR count). The minimum Gasteiger partial charge on any atom is -0.419 e. The number of nitro benzene ring substituents is 1. The van der Waals surface area contributed by atoms with Gasteiger partial charge in [-0.3, -0.25) is 10.1 Å². The van der Waals surface area contributed by atoms with Crippen LogP contribution in [0.25, 0.3) is 11.5 Å². The first-order chi connectivity index (χ1) is 11.1. The average molecular weight is 310 g/mol. The molecule has 0 amide bonds. The minimum absolute atomic E-state index is 0.0357. The lowest BCUT2D eigenvalue weighted by Gasteiger charge is -2.06. The van der Waals surface area contributed by atoms with E-state index >= 15 is 0 Å². The normalized spacial score (nSPS) is 10.5. The summed E-state index contributed by atoms with van der Waals surface area (Å²) in [5.74, 6) is 0.855. The Morgan fingerprint density at radius 1 is 1.17 bits per heavy atom. The Morgan fingerprint density at radius 2 is 1.96 bits per heavy atom. The highest BCUT2D eigenvalue weighted by Crippen LogP contribution is 2.23. The Balaban J connectivity index is 1.73. The highest BCUT2D eigenvalue weighted by molar-refractivity contribution is 5.57. The van der Waals surface area contributed by atoms with Crippen LogP contribution in [0.3, 0.4) is 0 Å². The number of hydrogen-bond acceptors (Lipinski definition) is 6. The Labute approximate surface area is 132 Å². The van der Waals surface area contributed by atoms with Gasteiger partial charge < -0.3 is 9.73 Å². The molecular formula is C16H14N4O3. The number of non-ortho nitro benzene ring substituents is 1. The molecule has 2 aromatic carbocycles. The minimum atomic E-state index is -0.426. The van der Waals surface area contributed by atoms with Crippen LogP contribution in [-0.4, -0.2) is 15.1 Å². The Hall–Kier alpha value is -3.22. The summed E-state index contributed by atoms with van der Waals surface area (Å²) >= 11 is 0. The molecule has 0 spiro atoms. The zero-order chi connectivity index (χ0) is 16.2. The summed E-state index contributed by atoms with van der Waals surface area (Å²) in [6, 6.07) is 14.1. The second-order valence-electron chi connectivity index (χ2n) is 4.98. The van der Waals surface area contributed by atoms with Gasteiger partial charge in [0, 0.05) is 23.4 Å². The molecule has 0 fully saturated rings. The van der Waals surface area contributed by atoms with Gasteiger partial charge in [0.05, 0.1) is 11.5 Å². The third-order valence-corrected chi connectivity index (χ3v) is 3.35. The summed E-state index contributed by atoms with van der Waals surface area (Å²) in [6.45, 7) is 2.16. The maximum atomic E-state index is 10.8. The molecule has 0 radical (unpaired) electrons. The van der Waals surface area contributed by atoms with Crippen molar-refractivity contribution in [3.63, 3.8) is 0 Å². The molecule has 0 saturated heterocycles. The summed E-state index contributed by atoms with van der Waals surface area (Å²) in [5, 5.41) is 21.9. The standard InChI is InChI=1S/C16H14N4O3/c1-11-7-8-13(20(21)22)9-14(11)17-10-15-18-19-16(23-15)12-5-3-2-4-6-12/h2-9,17H,10H2,1H3. The highest BCUT2D eigenvalue weighted by atomic mass is 16.6. The number of aromatic nitrogens is 2. The van der Waals surface area contributed by atoms with Crippen LogP contribution in [0, 0.1) is 17.0 Å². The molecule has 116 valence electrons. The maximum Gasteiger partial charge on any atom is 0.271 e. The zero-order valence-electron chi connectivity index (χ0n) is 12.4. The van der Waals surface area contributed by atoms with Gasteiger partial charge in [0.1, 0.15) is 0 Å². The van der Waals surface area contributed by atoms with Crippen molar-refractivity contribution in [2.75, 3.05) is 5.32 Å². The quantitative estimate of drug-likeness (QED) is 0.572. The smallest absolute Gasteiger partial charge is 0.271 e. The Bertz CT molecular complexity index is 830. The highest BCUT2D eigenvalue weighted by Gasteiger charge is 2.11. The van der Waals surface area contributed by atoms with Crippen LogP contribution < -0.4 is 5.32 Å². The summed E-state index contributed by atoms with van der Waals surface area (Å²) < 4.78 is 5.59. The molecule has 0 unspecified atom stereocenters. The largest absolute Gasteiger partial charge is 0.419 e. The molecule has 0 saturated carbocycles. The lowest BCUT2D eigenvalue weighted by molar-refractivity contribution is -0.384. The van der Waals surface area contributed by atoms with Gasteiger partial charge in [-0.1, -0.05) is 24.3 Å². The van der Waals surface area contributed by atoms with Crippen LogP contribution in [0.5, 0.6) is 0 Å². The van der Waals surface area contributed by atoms with E-state index in [9.17, 15) is 10.1 Å². The van der Waals surface area contributed by atoms with Crippen molar-refractivity contribution in [2.24, 2.45) is 0 Å². The topological polar surface area (TPSA) is 94.1 Å². The SMILES string of the molecule is Cc1ccc([N+](=O)[O-])cc1NCc1nnc(-c2ccccc2)o1. The number of aryl methyl sites for hydroxylation is 1. The molecule has 0 aliphatic rings. The van der Waals surface area contributed by atoms with E-state index in [4.69, 9.17) is 4.42 Å². The number of benzene rings is 2. The first kappa shape index (κ1) is 14.7. The van der Waals surface area contributed by atoms with Gasteiger partial charge in [-0.2, -0.15) is 0 Å². The first-order valence-electron chi connectivity index (χ1n) is 7.00. The third-order valence-electron chi connectivity index (χ3n) is 3.35. The number of nitrogens with one attached hydrogen (secondary N) is 1. The predicted octanol–water partition coefficient (Wildman–Crippen LogP) is 3.57. The van der Waals surface area contributed by atoms with E-state index in [0.717, 1.165) is 11.1 Å². The monoisotopic (exact) mass is 310 g/mol. The van der Waals surface area contributed by atoms with E-state index in [-0.39, 0.29) is 5.69 Å². The van der Waals surface area contributed by atoms with E-state index < -0.39 is 4.92 Å². The summed E-state index contributed by atoms with van der Waals surface area (Å²) in [6.07, 6.45) is 0. The van der Waals surface area contributed by atoms with Crippen LogP contribution in [-0.2, 0) is 6.54 Å². The van der Waals surface area contributed by atoms with Crippen LogP contribution in [0.4, 0.5) is 11.4 Å². The molecular weight excluding hydrogens is 296 g/mol. The van der Waals surface area contributed by atoms with E-state index in [0.29, 0.717) is 24.0 Å². The first-order valence-corrected chi connectivity index (χ1v) is 7.00. The average Bonchev–Trinajstić information content (AvgIpc) is 3.03. The second-order valence-corrected chi connectivity index (χ2v) is 4.98. The molecule has 1 heterocycles. The predicted molar refractivity (Wildman–Crippen MR) is 84.9 cm³/mol. The van der Waals surface area contributed by atoms with E-state index in [1.807, 2.05) is 37.3 Å². The van der Waals surface area contributed by atoms with Gasteiger partial charge in [0.2, 0.25) is 11.8 Å². The van der Waals surface area contributed by atoms with Crippen molar-refractivity contribution < 1.29 is 9.34 Å². The van der Waals surface area contributed by atoms with Crippen LogP contribution in [0.2, 0.25) is 0 Å². The molecule has 0 aliphatic carbocycles. The fourth-order valence-corrected chi connectivity index (χ4v) is 2.11. The van der Waals surface area contributed by atoms with Crippen molar-refractivity contribution in [3.05, 3.63) is 70.1 Å².